The number of likely N-dealkylation sites (tertiary alicyclic amines) is 1. The number of nitrogens with one attached hydrogen (secondary N) is 1. The number of amides is 2. The molecule has 2 amide bonds. The molecule has 23 heavy (non-hydrogen) atoms. The third-order valence-corrected chi connectivity index (χ3v) is 5.04. The molecule has 2 saturated heterocycles. The van der Waals surface area contributed by atoms with Crippen LogP contribution in [0.2, 0.25) is 0 Å². The molecule has 6 nitrogen and oxygen atoms in total. The molecule has 0 aliphatic carbocycles. The molecule has 0 saturated carbocycles. The summed E-state index contributed by atoms with van der Waals surface area (Å²) in [7, 11) is 1.55. The minimum Gasteiger partial charge on any atom is -0.480 e. The van der Waals surface area contributed by atoms with Crippen molar-refractivity contribution in [1.82, 2.24) is 9.88 Å². The smallest absolute Gasteiger partial charge is 0.322 e. The maximum atomic E-state index is 12.7. The Morgan fingerprint density at radius 2 is 2.22 bits per heavy atom. The lowest BCUT2D eigenvalue weighted by Crippen LogP contribution is -2.70. The molecule has 126 valence electrons. The van der Waals surface area contributed by atoms with Gasteiger partial charge in [0.25, 0.3) is 0 Å². The summed E-state index contributed by atoms with van der Waals surface area (Å²) in [6.45, 7) is 6.77. The maximum absolute atomic E-state index is 12.7. The zero-order valence-corrected chi connectivity index (χ0v) is 14.0. The highest BCUT2D eigenvalue weighted by Crippen LogP contribution is 2.49. The second-order valence-electron chi connectivity index (χ2n) is 6.78. The van der Waals surface area contributed by atoms with Crippen molar-refractivity contribution in [3.8, 4) is 5.88 Å². The first-order chi connectivity index (χ1) is 11.1. The Labute approximate surface area is 137 Å². The van der Waals surface area contributed by atoms with E-state index in [1.54, 1.807) is 25.4 Å². The number of nitrogens with zero attached hydrogens (tertiary/aromatic N) is 2. The molecule has 1 unspecified atom stereocenters. The van der Waals surface area contributed by atoms with Crippen molar-refractivity contribution < 1.29 is 14.3 Å². The van der Waals surface area contributed by atoms with E-state index in [4.69, 9.17) is 9.47 Å². The lowest BCUT2D eigenvalue weighted by atomic mass is 9.63. The van der Waals surface area contributed by atoms with E-state index in [-0.39, 0.29) is 17.5 Å². The van der Waals surface area contributed by atoms with E-state index in [0.717, 1.165) is 32.6 Å². The highest BCUT2D eigenvalue weighted by molar-refractivity contribution is 5.91. The fourth-order valence-corrected chi connectivity index (χ4v) is 4.08. The molecule has 1 aromatic rings. The molecule has 1 atom stereocenters. The standard InChI is InChI=1S/C17H25N3O3/c1-12(2)14-17(6-9-23-10-7-17)11-20(14)16(21)19-13-5-4-8-18-15(13)22-3/h4-5,8,12,14H,6-7,9-11H2,1-3H3,(H,19,21). The summed E-state index contributed by atoms with van der Waals surface area (Å²) < 4.78 is 10.7. The van der Waals surface area contributed by atoms with Gasteiger partial charge in [-0.2, -0.15) is 0 Å². The van der Waals surface area contributed by atoms with Crippen molar-refractivity contribution in [3.63, 3.8) is 0 Å². The Morgan fingerprint density at radius 3 is 2.87 bits per heavy atom. The predicted molar refractivity (Wildman–Crippen MR) is 87.6 cm³/mol. The Morgan fingerprint density at radius 1 is 1.48 bits per heavy atom. The van der Waals surface area contributed by atoms with E-state index >= 15 is 0 Å². The van der Waals surface area contributed by atoms with Crippen LogP contribution in [0.4, 0.5) is 10.5 Å². The number of aromatic nitrogens is 1. The lowest BCUT2D eigenvalue weighted by Gasteiger charge is -2.60. The summed E-state index contributed by atoms with van der Waals surface area (Å²) in [5, 5.41) is 2.94. The molecule has 2 fully saturated rings. The fourth-order valence-electron chi connectivity index (χ4n) is 4.08. The van der Waals surface area contributed by atoms with Crippen molar-refractivity contribution in [3.05, 3.63) is 18.3 Å². The molecular formula is C17H25N3O3. The summed E-state index contributed by atoms with van der Waals surface area (Å²) in [6, 6.07) is 3.77. The Balaban J connectivity index is 1.72. The molecular weight excluding hydrogens is 294 g/mol. The van der Waals surface area contributed by atoms with Crippen LogP contribution in [0.15, 0.2) is 18.3 Å². The van der Waals surface area contributed by atoms with Crippen LogP contribution >= 0.6 is 0 Å². The number of ether oxygens (including phenoxy) is 2. The molecule has 0 bridgehead atoms. The predicted octanol–water partition coefficient (Wildman–Crippen LogP) is 2.76. The average Bonchev–Trinajstić information content (AvgIpc) is 2.53. The first kappa shape index (κ1) is 16.1. The number of urea groups is 1. The number of hydrogen-bond donors (Lipinski definition) is 1. The van der Waals surface area contributed by atoms with Crippen molar-refractivity contribution >= 4 is 11.7 Å². The second-order valence-corrected chi connectivity index (χ2v) is 6.78. The van der Waals surface area contributed by atoms with Gasteiger partial charge in [0, 0.05) is 37.4 Å². The first-order valence-electron chi connectivity index (χ1n) is 8.22. The van der Waals surface area contributed by atoms with Gasteiger partial charge in [0.1, 0.15) is 5.69 Å². The van der Waals surface area contributed by atoms with Crippen LogP contribution in [-0.2, 0) is 4.74 Å². The van der Waals surface area contributed by atoms with Gasteiger partial charge in [-0.1, -0.05) is 13.8 Å². The normalized spacial score (nSPS) is 22.8. The third kappa shape index (κ3) is 2.87. The summed E-state index contributed by atoms with van der Waals surface area (Å²) in [5.74, 6) is 0.853. The summed E-state index contributed by atoms with van der Waals surface area (Å²) >= 11 is 0. The van der Waals surface area contributed by atoms with E-state index in [9.17, 15) is 4.79 Å². The summed E-state index contributed by atoms with van der Waals surface area (Å²) in [4.78, 5) is 18.8. The highest BCUT2D eigenvalue weighted by atomic mass is 16.5. The molecule has 1 N–H and O–H groups in total. The largest absolute Gasteiger partial charge is 0.480 e. The Hall–Kier alpha value is -1.82. The molecule has 2 aliphatic rings. The van der Waals surface area contributed by atoms with Crippen molar-refractivity contribution in [2.75, 3.05) is 32.2 Å². The third-order valence-electron chi connectivity index (χ3n) is 5.04. The van der Waals surface area contributed by atoms with Gasteiger partial charge in [0.15, 0.2) is 0 Å². The number of carbonyl (C=O) groups is 1. The van der Waals surface area contributed by atoms with Crippen LogP contribution in [0.5, 0.6) is 5.88 Å². The van der Waals surface area contributed by atoms with Gasteiger partial charge < -0.3 is 19.7 Å². The number of hydrogen-bond acceptors (Lipinski definition) is 4. The fraction of sp³-hybridized carbons (Fsp3) is 0.647. The number of rotatable bonds is 3. The van der Waals surface area contributed by atoms with Crippen molar-refractivity contribution in [1.29, 1.82) is 0 Å². The number of pyridine rings is 1. The van der Waals surface area contributed by atoms with Crippen molar-refractivity contribution in [2.24, 2.45) is 11.3 Å². The Bertz CT molecular complexity index is 570. The first-order valence-corrected chi connectivity index (χ1v) is 8.22. The van der Waals surface area contributed by atoms with E-state index in [0.29, 0.717) is 17.5 Å². The molecule has 3 heterocycles. The van der Waals surface area contributed by atoms with Crippen LogP contribution in [0.3, 0.4) is 0 Å². The van der Waals surface area contributed by atoms with Crippen LogP contribution in [0.25, 0.3) is 0 Å². The number of carbonyl (C=O) groups excluding carboxylic acids is 1. The van der Waals surface area contributed by atoms with E-state index in [2.05, 4.69) is 24.1 Å². The van der Waals surface area contributed by atoms with Gasteiger partial charge in [-0.15, -0.1) is 0 Å². The summed E-state index contributed by atoms with van der Waals surface area (Å²) in [6.07, 6.45) is 3.72. The van der Waals surface area contributed by atoms with Crippen LogP contribution in [0, 0.1) is 11.3 Å². The molecule has 3 rings (SSSR count). The molecule has 0 aromatic carbocycles. The van der Waals surface area contributed by atoms with E-state index < -0.39 is 0 Å². The minimum absolute atomic E-state index is 0.0767. The second kappa shape index (κ2) is 6.35. The highest BCUT2D eigenvalue weighted by Gasteiger charge is 2.55. The van der Waals surface area contributed by atoms with Gasteiger partial charge in [0.05, 0.1) is 7.11 Å². The quantitative estimate of drug-likeness (QED) is 0.930. The Kier molecular flexibility index (Phi) is 4.43. The molecule has 1 aromatic heterocycles. The molecule has 1 spiro atoms. The summed E-state index contributed by atoms with van der Waals surface area (Å²) in [5.41, 5.74) is 0.832. The minimum atomic E-state index is -0.0767. The van der Waals surface area contributed by atoms with Crippen LogP contribution < -0.4 is 10.1 Å². The van der Waals surface area contributed by atoms with Gasteiger partial charge >= 0.3 is 6.03 Å². The maximum Gasteiger partial charge on any atom is 0.322 e. The monoisotopic (exact) mass is 319 g/mol. The zero-order chi connectivity index (χ0) is 16.4. The zero-order valence-electron chi connectivity index (χ0n) is 14.0. The van der Waals surface area contributed by atoms with Gasteiger partial charge in [-0.25, -0.2) is 9.78 Å². The topological polar surface area (TPSA) is 63.7 Å². The van der Waals surface area contributed by atoms with Crippen LogP contribution in [0.1, 0.15) is 26.7 Å². The van der Waals surface area contributed by atoms with Gasteiger partial charge in [0.2, 0.25) is 5.88 Å². The van der Waals surface area contributed by atoms with Gasteiger partial charge in [-0.3, -0.25) is 0 Å². The number of methoxy groups -OCH3 is 1. The van der Waals surface area contributed by atoms with Crippen molar-refractivity contribution in [2.45, 2.75) is 32.7 Å². The van der Waals surface area contributed by atoms with Crippen LogP contribution in [-0.4, -0.2) is 48.8 Å². The van der Waals surface area contributed by atoms with E-state index in [1.165, 1.54) is 0 Å². The molecule has 6 heteroatoms. The lowest BCUT2D eigenvalue weighted by molar-refractivity contribution is -0.122. The number of anilines is 1. The molecule has 0 radical (unpaired) electrons. The average molecular weight is 319 g/mol. The molecule has 2 aliphatic heterocycles. The van der Waals surface area contributed by atoms with Gasteiger partial charge in [-0.05, 0) is 30.9 Å². The van der Waals surface area contributed by atoms with E-state index in [1.807, 2.05) is 4.90 Å². The SMILES string of the molecule is COc1ncccc1NC(=O)N1CC2(CCOCC2)C1C(C)C.